The molecule has 0 radical (unpaired) electrons. The lowest BCUT2D eigenvalue weighted by molar-refractivity contribution is -0.138. The molecule has 6 atom stereocenters. The Hall–Kier alpha value is -1.20. The Kier molecular flexibility index (Phi) is 4.85. The van der Waals surface area contributed by atoms with E-state index < -0.39 is 17.9 Å². The maximum atomic E-state index is 12.9. The van der Waals surface area contributed by atoms with Gasteiger partial charge in [0.15, 0.2) is 5.78 Å². The summed E-state index contributed by atoms with van der Waals surface area (Å²) in [6.07, 6.45) is 2.81. The van der Waals surface area contributed by atoms with Crippen LogP contribution in [0.2, 0.25) is 0 Å². The quantitative estimate of drug-likeness (QED) is 0.581. The minimum Gasteiger partial charge on any atom is -0.392 e. The molecule has 2 amide bonds. The number of allylic oxidation sites excluding steroid dienone is 2. The molecule has 26 heavy (non-hydrogen) atoms. The Bertz CT molecular complexity index is 685. The zero-order valence-electron chi connectivity index (χ0n) is 15.8. The van der Waals surface area contributed by atoms with Gasteiger partial charge in [0.2, 0.25) is 11.8 Å². The van der Waals surface area contributed by atoms with E-state index in [-0.39, 0.29) is 46.2 Å². The van der Waals surface area contributed by atoms with Crippen molar-refractivity contribution in [2.24, 2.45) is 28.6 Å². The van der Waals surface area contributed by atoms with Gasteiger partial charge in [0, 0.05) is 17.7 Å². The van der Waals surface area contributed by atoms with Gasteiger partial charge in [0.1, 0.15) is 0 Å². The molecular formula is C20H28ClNO4. The summed E-state index contributed by atoms with van der Waals surface area (Å²) >= 11 is 6.57. The predicted molar refractivity (Wildman–Crippen MR) is 98.4 cm³/mol. The largest absolute Gasteiger partial charge is 0.392 e. The number of ketones is 1. The Labute approximate surface area is 159 Å². The lowest BCUT2D eigenvalue weighted by Crippen LogP contribution is -2.56. The van der Waals surface area contributed by atoms with E-state index in [1.165, 1.54) is 0 Å². The average Bonchev–Trinajstić information content (AvgIpc) is 2.86. The molecule has 5 nitrogen and oxygen atoms in total. The van der Waals surface area contributed by atoms with Crippen molar-refractivity contribution < 1.29 is 19.5 Å². The monoisotopic (exact) mass is 381 g/mol. The van der Waals surface area contributed by atoms with Crippen molar-refractivity contribution in [1.82, 2.24) is 5.32 Å². The van der Waals surface area contributed by atoms with Gasteiger partial charge in [-0.3, -0.25) is 19.7 Å². The SMILES string of the molecule is CC1=CC(=O)[C@H]2C(C)(C)[C@@H](Cl)CC[C@]2(C)[C@H]1C[C@H](O)[C@H]1CC(=O)NC1=O. The first-order chi connectivity index (χ1) is 12.0. The van der Waals surface area contributed by atoms with Gasteiger partial charge in [-0.2, -0.15) is 0 Å². The highest BCUT2D eigenvalue weighted by Gasteiger charge is 2.58. The number of halogens is 1. The summed E-state index contributed by atoms with van der Waals surface area (Å²) in [5.41, 5.74) is 0.291. The van der Waals surface area contributed by atoms with Crippen LogP contribution in [0, 0.1) is 28.6 Å². The highest BCUT2D eigenvalue weighted by atomic mass is 35.5. The van der Waals surface area contributed by atoms with Gasteiger partial charge in [-0.15, -0.1) is 11.6 Å². The highest BCUT2D eigenvalue weighted by Crippen LogP contribution is 2.60. The van der Waals surface area contributed by atoms with Gasteiger partial charge in [-0.05, 0) is 49.0 Å². The molecule has 0 spiro atoms. The lowest BCUT2D eigenvalue weighted by atomic mass is 9.47. The molecule has 144 valence electrons. The van der Waals surface area contributed by atoms with Crippen LogP contribution in [0.25, 0.3) is 0 Å². The summed E-state index contributed by atoms with van der Waals surface area (Å²) in [6, 6.07) is 0. The maximum absolute atomic E-state index is 12.9. The van der Waals surface area contributed by atoms with E-state index in [2.05, 4.69) is 26.1 Å². The van der Waals surface area contributed by atoms with Crippen LogP contribution in [0.3, 0.4) is 0 Å². The van der Waals surface area contributed by atoms with Gasteiger partial charge >= 0.3 is 0 Å². The standard InChI is InChI=1S/C20H28ClNO4/c1-10-7-14(24)17-19(2,3)15(21)5-6-20(17,4)12(10)9-13(23)11-8-16(25)22-18(11)26/h7,11-13,15,17,23H,5-6,8-9H2,1-4H3,(H,22,25,26)/t11-,12+,13+,15+,17+,20-/m1/s1. The van der Waals surface area contributed by atoms with Crippen molar-refractivity contribution in [1.29, 1.82) is 0 Å². The fourth-order valence-corrected chi connectivity index (χ4v) is 5.96. The highest BCUT2D eigenvalue weighted by molar-refractivity contribution is 6.21. The van der Waals surface area contributed by atoms with E-state index in [0.717, 1.165) is 18.4 Å². The number of aliphatic hydroxyl groups excluding tert-OH is 1. The average molecular weight is 382 g/mol. The van der Waals surface area contributed by atoms with E-state index >= 15 is 0 Å². The summed E-state index contributed by atoms with van der Waals surface area (Å²) in [4.78, 5) is 36.3. The van der Waals surface area contributed by atoms with E-state index in [1.54, 1.807) is 6.08 Å². The first kappa shape index (κ1) is 19.6. The molecule has 1 saturated carbocycles. The van der Waals surface area contributed by atoms with Gasteiger partial charge in [-0.25, -0.2) is 0 Å². The van der Waals surface area contributed by atoms with E-state index in [4.69, 9.17) is 11.6 Å². The molecule has 0 aromatic carbocycles. The van der Waals surface area contributed by atoms with Gasteiger partial charge in [0.25, 0.3) is 0 Å². The molecule has 1 saturated heterocycles. The summed E-state index contributed by atoms with van der Waals surface area (Å²) in [5, 5.41) is 12.9. The Morgan fingerprint density at radius 2 is 1.96 bits per heavy atom. The Morgan fingerprint density at radius 1 is 1.31 bits per heavy atom. The van der Waals surface area contributed by atoms with Crippen molar-refractivity contribution in [2.75, 3.05) is 0 Å². The third kappa shape index (κ3) is 2.93. The summed E-state index contributed by atoms with van der Waals surface area (Å²) in [7, 11) is 0. The minimum atomic E-state index is -0.905. The van der Waals surface area contributed by atoms with Crippen LogP contribution in [0.4, 0.5) is 0 Å². The first-order valence-electron chi connectivity index (χ1n) is 9.36. The molecule has 3 aliphatic rings. The molecule has 0 aromatic rings. The van der Waals surface area contributed by atoms with Crippen LogP contribution >= 0.6 is 11.6 Å². The number of alkyl halides is 1. The molecule has 1 aliphatic heterocycles. The number of fused-ring (bicyclic) bond motifs is 1. The number of rotatable bonds is 3. The van der Waals surface area contributed by atoms with Crippen molar-refractivity contribution >= 4 is 29.2 Å². The van der Waals surface area contributed by atoms with E-state index in [9.17, 15) is 19.5 Å². The smallest absolute Gasteiger partial charge is 0.232 e. The van der Waals surface area contributed by atoms with Crippen LogP contribution < -0.4 is 5.32 Å². The van der Waals surface area contributed by atoms with Crippen LogP contribution in [-0.4, -0.2) is 34.2 Å². The zero-order valence-corrected chi connectivity index (χ0v) is 16.6. The number of carbonyl (C=O) groups excluding carboxylic acids is 3. The van der Waals surface area contributed by atoms with Crippen molar-refractivity contribution in [3.05, 3.63) is 11.6 Å². The number of imide groups is 1. The van der Waals surface area contributed by atoms with Crippen molar-refractivity contribution in [3.8, 4) is 0 Å². The number of aliphatic hydroxyl groups is 1. The molecule has 0 unspecified atom stereocenters. The number of carbonyl (C=O) groups is 3. The third-order valence-corrected chi connectivity index (χ3v) is 7.87. The number of hydrogen-bond acceptors (Lipinski definition) is 4. The molecule has 3 rings (SSSR count). The van der Waals surface area contributed by atoms with Crippen LogP contribution in [0.1, 0.15) is 53.4 Å². The molecule has 2 aliphatic carbocycles. The van der Waals surface area contributed by atoms with Crippen LogP contribution in [-0.2, 0) is 14.4 Å². The number of amides is 2. The first-order valence-corrected chi connectivity index (χ1v) is 9.80. The Morgan fingerprint density at radius 3 is 2.54 bits per heavy atom. The van der Waals surface area contributed by atoms with Gasteiger partial charge in [0.05, 0.1) is 12.0 Å². The van der Waals surface area contributed by atoms with Gasteiger partial charge < -0.3 is 5.11 Å². The van der Waals surface area contributed by atoms with E-state index in [1.807, 2.05) is 6.92 Å². The topological polar surface area (TPSA) is 83.5 Å². The lowest BCUT2D eigenvalue weighted by Gasteiger charge is -2.57. The van der Waals surface area contributed by atoms with Crippen molar-refractivity contribution in [2.45, 2.75) is 64.9 Å². The zero-order chi connectivity index (χ0) is 19.4. The Balaban J connectivity index is 1.91. The minimum absolute atomic E-state index is 0.0212. The van der Waals surface area contributed by atoms with Crippen LogP contribution in [0.15, 0.2) is 11.6 Å². The normalized spacial score (nSPS) is 40.7. The van der Waals surface area contributed by atoms with E-state index in [0.29, 0.717) is 6.42 Å². The molecule has 0 aromatic heterocycles. The third-order valence-electron chi connectivity index (χ3n) is 7.09. The fourth-order valence-electron chi connectivity index (χ4n) is 5.73. The number of hydrogen-bond donors (Lipinski definition) is 2. The van der Waals surface area contributed by atoms with Crippen molar-refractivity contribution in [3.63, 3.8) is 0 Å². The molecule has 0 bridgehead atoms. The summed E-state index contributed by atoms with van der Waals surface area (Å²) < 4.78 is 0. The molecule has 6 heteroatoms. The maximum Gasteiger partial charge on any atom is 0.232 e. The predicted octanol–water partition coefficient (Wildman–Crippen LogP) is 2.60. The summed E-state index contributed by atoms with van der Waals surface area (Å²) in [5.74, 6) is -1.56. The molecule has 2 N–H and O–H groups in total. The van der Waals surface area contributed by atoms with Gasteiger partial charge in [-0.1, -0.05) is 26.3 Å². The summed E-state index contributed by atoms with van der Waals surface area (Å²) in [6.45, 7) is 8.15. The molecule has 2 fully saturated rings. The van der Waals surface area contributed by atoms with Crippen LogP contribution in [0.5, 0.6) is 0 Å². The number of nitrogens with one attached hydrogen (secondary N) is 1. The second-order valence-corrected chi connectivity index (χ2v) is 9.66. The molecule has 1 heterocycles. The fraction of sp³-hybridized carbons (Fsp3) is 0.750. The molecular weight excluding hydrogens is 354 g/mol. The second-order valence-electron chi connectivity index (χ2n) is 9.14. The second kappa shape index (κ2) is 6.45.